The van der Waals surface area contributed by atoms with Crippen molar-refractivity contribution in [1.29, 1.82) is 0 Å². The molecule has 1 aromatic heterocycles. The number of furan rings is 1. The molecule has 0 spiro atoms. The molecule has 0 saturated carbocycles. The van der Waals surface area contributed by atoms with Crippen LogP contribution in [-0.2, 0) is 9.47 Å². The molecule has 0 radical (unpaired) electrons. The molecular weight excluding hydrogens is 316 g/mol. The lowest BCUT2D eigenvalue weighted by Gasteiger charge is -2.13. The summed E-state index contributed by atoms with van der Waals surface area (Å²) in [5, 5.41) is 0. The van der Waals surface area contributed by atoms with E-state index in [1.165, 1.54) is 0 Å². The van der Waals surface area contributed by atoms with Crippen LogP contribution in [0.25, 0.3) is 0 Å². The van der Waals surface area contributed by atoms with E-state index in [1.54, 1.807) is 0 Å². The first-order valence-electron chi connectivity index (χ1n) is 4.37. The van der Waals surface area contributed by atoms with E-state index in [2.05, 4.69) is 31.9 Å². The maximum atomic E-state index is 5.40. The third-order valence-corrected chi connectivity index (χ3v) is 3.24. The van der Waals surface area contributed by atoms with Crippen molar-refractivity contribution in [3.8, 4) is 0 Å². The first kappa shape index (κ1) is 12.2. The van der Waals surface area contributed by atoms with Gasteiger partial charge in [-0.1, -0.05) is 0 Å². The van der Waals surface area contributed by atoms with Crippen molar-refractivity contribution in [3.63, 3.8) is 0 Å². The molecule has 3 nitrogen and oxygen atoms in total. The topological polar surface area (TPSA) is 31.6 Å². The average Bonchev–Trinajstić information content (AvgIpc) is 2.47. The summed E-state index contributed by atoms with van der Waals surface area (Å²) in [4.78, 5) is 0. The molecule has 0 aliphatic carbocycles. The molecule has 0 saturated heterocycles. The van der Waals surface area contributed by atoms with Crippen LogP contribution >= 0.6 is 31.9 Å². The van der Waals surface area contributed by atoms with Gasteiger partial charge < -0.3 is 13.9 Å². The van der Waals surface area contributed by atoms with Gasteiger partial charge in [0.1, 0.15) is 0 Å². The Kier molecular flexibility index (Phi) is 5.15. The maximum Gasteiger partial charge on any atom is 0.217 e. The molecule has 0 aromatic carbocycles. The largest absolute Gasteiger partial charge is 0.448 e. The molecule has 0 unspecified atom stereocenters. The molecule has 0 atom stereocenters. The van der Waals surface area contributed by atoms with Crippen molar-refractivity contribution < 1.29 is 13.9 Å². The van der Waals surface area contributed by atoms with E-state index in [0.717, 1.165) is 4.47 Å². The highest BCUT2D eigenvalue weighted by atomic mass is 79.9. The van der Waals surface area contributed by atoms with E-state index < -0.39 is 6.29 Å². The zero-order valence-electron chi connectivity index (χ0n) is 8.05. The van der Waals surface area contributed by atoms with Gasteiger partial charge in [-0.3, -0.25) is 0 Å². The highest BCUT2D eigenvalue weighted by Gasteiger charge is 2.17. The monoisotopic (exact) mass is 326 g/mol. The van der Waals surface area contributed by atoms with Gasteiger partial charge in [0.2, 0.25) is 6.29 Å². The van der Waals surface area contributed by atoms with Crippen LogP contribution in [0.2, 0.25) is 0 Å². The summed E-state index contributed by atoms with van der Waals surface area (Å²) in [5.74, 6) is 0.660. The van der Waals surface area contributed by atoms with E-state index in [4.69, 9.17) is 13.9 Å². The van der Waals surface area contributed by atoms with Crippen molar-refractivity contribution in [2.45, 2.75) is 20.1 Å². The number of ether oxygens (including phenoxy) is 2. The highest BCUT2D eigenvalue weighted by molar-refractivity contribution is 9.13. The predicted octanol–water partition coefficient (Wildman–Crippen LogP) is 3.88. The summed E-state index contributed by atoms with van der Waals surface area (Å²) < 4.78 is 17.7. The molecule has 5 heteroatoms. The second-order valence-corrected chi connectivity index (χ2v) is 4.09. The second kappa shape index (κ2) is 5.90. The molecule has 0 N–H and O–H groups in total. The zero-order valence-corrected chi connectivity index (χ0v) is 11.2. The summed E-state index contributed by atoms with van der Waals surface area (Å²) >= 11 is 6.60. The summed E-state index contributed by atoms with van der Waals surface area (Å²) in [6.07, 6.45) is -0.424. The van der Waals surface area contributed by atoms with E-state index in [-0.39, 0.29) is 0 Å². The third-order valence-electron chi connectivity index (χ3n) is 1.53. The normalized spacial score (nSPS) is 11.2. The van der Waals surface area contributed by atoms with Crippen molar-refractivity contribution in [3.05, 3.63) is 21.0 Å². The highest BCUT2D eigenvalue weighted by Crippen LogP contribution is 2.31. The van der Waals surface area contributed by atoms with Crippen LogP contribution in [0.15, 0.2) is 19.6 Å². The Hall–Kier alpha value is 0.160. The molecule has 0 fully saturated rings. The van der Waals surface area contributed by atoms with Gasteiger partial charge in [-0.05, 0) is 45.7 Å². The SMILES string of the molecule is CCOC(OCC)c1cc(Br)c(Br)o1. The minimum Gasteiger partial charge on any atom is -0.448 e. The molecule has 1 heterocycles. The quantitative estimate of drug-likeness (QED) is 0.769. The van der Waals surface area contributed by atoms with Crippen LogP contribution in [0.1, 0.15) is 25.9 Å². The molecule has 1 rings (SSSR count). The van der Waals surface area contributed by atoms with E-state index in [0.29, 0.717) is 23.6 Å². The molecular formula is C9H12Br2O3. The van der Waals surface area contributed by atoms with Crippen molar-refractivity contribution in [1.82, 2.24) is 0 Å². The summed E-state index contributed by atoms with van der Waals surface area (Å²) in [5.41, 5.74) is 0. The number of rotatable bonds is 5. The molecule has 80 valence electrons. The van der Waals surface area contributed by atoms with Gasteiger partial charge in [-0.25, -0.2) is 0 Å². The number of hydrogen-bond donors (Lipinski definition) is 0. The zero-order chi connectivity index (χ0) is 10.6. The van der Waals surface area contributed by atoms with Crippen LogP contribution < -0.4 is 0 Å². The van der Waals surface area contributed by atoms with Gasteiger partial charge >= 0.3 is 0 Å². The maximum absolute atomic E-state index is 5.40. The molecule has 0 aliphatic rings. The lowest BCUT2D eigenvalue weighted by atomic mass is 10.4. The van der Waals surface area contributed by atoms with Crippen molar-refractivity contribution in [2.24, 2.45) is 0 Å². The Balaban J connectivity index is 2.76. The van der Waals surface area contributed by atoms with Crippen LogP contribution in [0.4, 0.5) is 0 Å². The molecule has 14 heavy (non-hydrogen) atoms. The van der Waals surface area contributed by atoms with E-state index >= 15 is 0 Å². The fourth-order valence-electron chi connectivity index (χ4n) is 0.995. The van der Waals surface area contributed by atoms with E-state index in [9.17, 15) is 0 Å². The third kappa shape index (κ3) is 3.08. The molecule has 0 aliphatic heterocycles. The standard InChI is InChI=1S/C9H12Br2O3/c1-3-12-9(13-4-2)7-5-6(10)8(11)14-7/h5,9H,3-4H2,1-2H3. The van der Waals surface area contributed by atoms with Crippen molar-refractivity contribution in [2.75, 3.05) is 13.2 Å². The average molecular weight is 328 g/mol. The number of hydrogen-bond acceptors (Lipinski definition) is 3. The van der Waals surface area contributed by atoms with Gasteiger partial charge in [0.05, 0.1) is 4.47 Å². The van der Waals surface area contributed by atoms with Crippen LogP contribution in [0.5, 0.6) is 0 Å². The Morgan fingerprint density at radius 2 is 1.86 bits per heavy atom. The van der Waals surface area contributed by atoms with Crippen LogP contribution in [0, 0.1) is 0 Å². The second-order valence-electron chi connectivity index (χ2n) is 2.51. The van der Waals surface area contributed by atoms with Gasteiger partial charge in [-0.2, -0.15) is 0 Å². The van der Waals surface area contributed by atoms with Gasteiger partial charge in [-0.15, -0.1) is 0 Å². The van der Waals surface area contributed by atoms with E-state index in [1.807, 2.05) is 19.9 Å². The fourth-order valence-corrected chi connectivity index (χ4v) is 1.60. The Morgan fingerprint density at radius 3 is 2.21 bits per heavy atom. The minimum absolute atomic E-state index is 0.424. The predicted molar refractivity (Wildman–Crippen MR) is 60.1 cm³/mol. The number of halogens is 2. The summed E-state index contributed by atoms with van der Waals surface area (Å²) in [6.45, 7) is 5.00. The molecule has 0 bridgehead atoms. The summed E-state index contributed by atoms with van der Waals surface area (Å²) in [6, 6.07) is 1.83. The smallest absolute Gasteiger partial charge is 0.217 e. The van der Waals surface area contributed by atoms with Crippen LogP contribution in [0.3, 0.4) is 0 Å². The first-order chi connectivity index (χ1) is 6.69. The Bertz CT molecular complexity index is 260. The minimum atomic E-state index is -0.424. The fraction of sp³-hybridized carbons (Fsp3) is 0.556. The molecule has 0 amide bonds. The van der Waals surface area contributed by atoms with Crippen molar-refractivity contribution >= 4 is 31.9 Å². The van der Waals surface area contributed by atoms with Gasteiger partial charge in [0, 0.05) is 19.3 Å². The van der Waals surface area contributed by atoms with Gasteiger partial charge in [0.15, 0.2) is 10.4 Å². The molecule has 1 aromatic rings. The summed E-state index contributed by atoms with van der Waals surface area (Å²) in [7, 11) is 0. The Labute approximate surface area is 100 Å². The first-order valence-corrected chi connectivity index (χ1v) is 5.95. The van der Waals surface area contributed by atoms with Crippen LogP contribution in [-0.4, -0.2) is 13.2 Å². The lowest BCUT2D eigenvalue weighted by Crippen LogP contribution is -2.07. The lowest BCUT2D eigenvalue weighted by molar-refractivity contribution is -0.150. The van der Waals surface area contributed by atoms with Gasteiger partial charge in [0.25, 0.3) is 0 Å². The Morgan fingerprint density at radius 1 is 1.29 bits per heavy atom.